The molecule has 0 amide bonds. The number of hydrogen-bond acceptors (Lipinski definition) is 5. The number of rotatable bonds is 4. The summed E-state index contributed by atoms with van der Waals surface area (Å²) in [4.78, 5) is 16.9. The van der Waals surface area contributed by atoms with Gasteiger partial charge in [-0.05, 0) is 31.0 Å². The molecule has 7 heteroatoms. The van der Waals surface area contributed by atoms with Gasteiger partial charge in [0.25, 0.3) is 0 Å². The standard InChI is InChI=1S/C17H19ClN4O2/c1-3-6-13-14(16(23)24-4-2)15(11-7-5-8-12(18)9-11)22-17(21-13)19-10-20-22/h5-10,14-15H,3-4H2,1-2H3,(H,19,20,21)/b13-6+/t14-,15+/m0/s1. The first-order chi connectivity index (χ1) is 11.7. The van der Waals surface area contributed by atoms with Crippen molar-refractivity contribution in [2.75, 3.05) is 11.9 Å². The van der Waals surface area contributed by atoms with Crippen LogP contribution in [-0.2, 0) is 9.53 Å². The SMILES string of the molecule is CC/C=C1/Nc2ncnn2[C@H](c2cccc(Cl)c2)[C@H]1C(=O)OCC. The molecule has 0 saturated heterocycles. The third-order valence-electron chi connectivity index (χ3n) is 3.90. The van der Waals surface area contributed by atoms with Crippen molar-refractivity contribution in [1.82, 2.24) is 14.8 Å². The van der Waals surface area contributed by atoms with Gasteiger partial charge in [0, 0.05) is 10.7 Å². The molecule has 0 bridgehead atoms. The minimum atomic E-state index is -0.530. The summed E-state index contributed by atoms with van der Waals surface area (Å²) in [5, 5.41) is 8.10. The molecule has 6 nitrogen and oxygen atoms in total. The van der Waals surface area contributed by atoms with Gasteiger partial charge >= 0.3 is 5.97 Å². The van der Waals surface area contributed by atoms with Crippen molar-refractivity contribution in [3.05, 3.63) is 53.0 Å². The van der Waals surface area contributed by atoms with E-state index in [2.05, 4.69) is 15.4 Å². The van der Waals surface area contributed by atoms with Gasteiger partial charge in [0.2, 0.25) is 5.95 Å². The molecular formula is C17H19ClN4O2. The third kappa shape index (κ3) is 3.01. The Hall–Kier alpha value is -2.34. The van der Waals surface area contributed by atoms with E-state index in [1.54, 1.807) is 17.7 Å². The molecule has 0 aliphatic carbocycles. The molecule has 2 aromatic rings. The number of aromatic nitrogens is 3. The van der Waals surface area contributed by atoms with Crippen molar-refractivity contribution in [2.24, 2.45) is 5.92 Å². The molecule has 0 saturated carbocycles. The first-order valence-electron chi connectivity index (χ1n) is 7.94. The van der Waals surface area contributed by atoms with E-state index >= 15 is 0 Å². The number of fused-ring (bicyclic) bond motifs is 1. The number of nitrogens with zero attached hydrogens (tertiary/aromatic N) is 3. The van der Waals surface area contributed by atoms with E-state index in [0.717, 1.165) is 17.7 Å². The average molecular weight is 347 g/mol. The van der Waals surface area contributed by atoms with Crippen LogP contribution >= 0.6 is 11.6 Å². The topological polar surface area (TPSA) is 69.0 Å². The van der Waals surface area contributed by atoms with Crippen LogP contribution in [0.1, 0.15) is 31.9 Å². The van der Waals surface area contributed by atoms with Gasteiger partial charge in [-0.1, -0.05) is 36.7 Å². The highest BCUT2D eigenvalue weighted by atomic mass is 35.5. The Morgan fingerprint density at radius 2 is 2.29 bits per heavy atom. The second-order valence-electron chi connectivity index (χ2n) is 5.45. The number of carbonyl (C=O) groups excluding carboxylic acids is 1. The van der Waals surface area contributed by atoms with Gasteiger partial charge in [0.15, 0.2) is 0 Å². The maximum atomic E-state index is 12.7. The molecule has 0 unspecified atom stereocenters. The van der Waals surface area contributed by atoms with Crippen LogP contribution in [0.3, 0.4) is 0 Å². The van der Waals surface area contributed by atoms with Crippen LogP contribution in [0.5, 0.6) is 0 Å². The minimum absolute atomic E-state index is 0.296. The zero-order valence-electron chi connectivity index (χ0n) is 13.6. The van der Waals surface area contributed by atoms with Gasteiger partial charge in [-0.15, -0.1) is 0 Å². The number of esters is 1. The number of hydrogen-bond donors (Lipinski definition) is 1. The number of allylic oxidation sites excluding steroid dienone is 1. The van der Waals surface area contributed by atoms with Crippen molar-refractivity contribution >= 4 is 23.5 Å². The quantitative estimate of drug-likeness (QED) is 0.859. The molecule has 1 aliphatic rings. The van der Waals surface area contributed by atoms with Gasteiger partial charge in [-0.2, -0.15) is 10.1 Å². The fraction of sp³-hybridized carbons (Fsp3) is 0.353. The highest BCUT2D eigenvalue weighted by Gasteiger charge is 2.41. The molecule has 1 aromatic heterocycles. The summed E-state index contributed by atoms with van der Waals surface area (Å²) in [5.74, 6) is -0.228. The van der Waals surface area contributed by atoms with E-state index in [1.807, 2.05) is 31.2 Å². The van der Waals surface area contributed by atoms with Gasteiger partial charge < -0.3 is 10.1 Å². The summed E-state index contributed by atoms with van der Waals surface area (Å²) in [6, 6.07) is 7.08. The number of carbonyl (C=O) groups is 1. The first-order valence-corrected chi connectivity index (χ1v) is 8.32. The van der Waals surface area contributed by atoms with Crippen LogP contribution in [-0.4, -0.2) is 27.3 Å². The van der Waals surface area contributed by atoms with Gasteiger partial charge in [0.05, 0.1) is 12.6 Å². The number of ether oxygens (including phenoxy) is 1. The molecule has 0 radical (unpaired) electrons. The molecule has 24 heavy (non-hydrogen) atoms. The normalized spacial score (nSPS) is 21.2. The minimum Gasteiger partial charge on any atom is -0.465 e. The lowest BCUT2D eigenvalue weighted by Crippen LogP contribution is -2.38. The van der Waals surface area contributed by atoms with E-state index in [1.165, 1.54) is 6.33 Å². The summed E-state index contributed by atoms with van der Waals surface area (Å²) in [6.45, 7) is 4.14. The lowest BCUT2D eigenvalue weighted by atomic mass is 9.88. The number of benzene rings is 1. The maximum Gasteiger partial charge on any atom is 0.317 e. The monoisotopic (exact) mass is 346 g/mol. The molecule has 2 heterocycles. The van der Waals surface area contributed by atoms with Crippen LogP contribution in [0.2, 0.25) is 5.02 Å². The lowest BCUT2D eigenvalue weighted by molar-refractivity contribution is -0.147. The molecule has 1 aliphatic heterocycles. The highest BCUT2D eigenvalue weighted by Crippen LogP contribution is 2.39. The number of halogens is 1. The van der Waals surface area contributed by atoms with Crippen LogP contribution < -0.4 is 5.32 Å². The van der Waals surface area contributed by atoms with E-state index in [9.17, 15) is 4.79 Å². The van der Waals surface area contributed by atoms with Gasteiger partial charge in [-0.3, -0.25) is 4.79 Å². The Bertz CT molecular complexity index is 771. The molecule has 2 atom stereocenters. The Labute approximate surface area is 145 Å². The second-order valence-corrected chi connectivity index (χ2v) is 5.89. The van der Waals surface area contributed by atoms with Crippen molar-refractivity contribution in [3.63, 3.8) is 0 Å². The molecule has 0 spiro atoms. The second kappa shape index (κ2) is 7.05. The summed E-state index contributed by atoms with van der Waals surface area (Å²) < 4.78 is 7.03. The average Bonchev–Trinajstić information content (AvgIpc) is 3.02. The van der Waals surface area contributed by atoms with E-state index in [0.29, 0.717) is 17.6 Å². The largest absolute Gasteiger partial charge is 0.465 e. The smallest absolute Gasteiger partial charge is 0.317 e. The Morgan fingerprint density at radius 1 is 1.46 bits per heavy atom. The van der Waals surface area contributed by atoms with Crippen molar-refractivity contribution in [3.8, 4) is 0 Å². The Balaban J connectivity index is 2.15. The fourth-order valence-electron chi connectivity index (χ4n) is 2.97. The predicted octanol–water partition coefficient (Wildman–Crippen LogP) is 3.42. The van der Waals surface area contributed by atoms with Crippen molar-refractivity contribution in [2.45, 2.75) is 26.3 Å². The predicted molar refractivity (Wildman–Crippen MR) is 91.7 cm³/mol. The highest BCUT2D eigenvalue weighted by molar-refractivity contribution is 6.30. The third-order valence-corrected chi connectivity index (χ3v) is 4.13. The zero-order valence-corrected chi connectivity index (χ0v) is 14.3. The Morgan fingerprint density at radius 3 is 3.00 bits per heavy atom. The summed E-state index contributed by atoms with van der Waals surface area (Å²) in [5.41, 5.74) is 1.66. The summed E-state index contributed by atoms with van der Waals surface area (Å²) >= 11 is 6.16. The molecule has 1 N–H and O–H groups in total. The molecule has 3 rings (SSSR count). The number of nitrogens with one attached hydrogen (secondary N) is 1. The van der Waals surface area contributed by atoms with Crippen LogP contribution in [0.15, 0.2) is 42.4 Å². The van der Waals surface area contributed by atoms with E-state index in [-0.39, 0.29) is 12.0 Å². The summed E-state index contributed by atoms with van der Waals surface area (Å²) in [6.07, 6.45) is 4.24. The zero-order chi connectivity index (χ0) is 17.1. The molecule has 126 valence electrons. The van der Waals surface area contributed by atoms with Crippen LogP contribution in [0.25, 0.3) is 0 Å². The maximum absolute atomic E-state index is 12.7. The van der Waals surface area contributed by atoms with E-state index < -0.39 is 5.92 Å². The van der Waals surface area contributed by atoms with Gasteiger partial charge in [0.1, 0.15) is 12.2 Å². The van der Waals surface area contributed by atoms with E-state index in [4.69, 9.17) is 16.3 Å². The molecular weight excluding hydrogens is 328 g/mol. The lowest BCUT2D eigenvalue weighted by Gasteiger charge is -2.33. The van der Waals surface area contributed by atoms with Crippen LogP contribution in [0.4, 0.5) is 5.95 Å². The van der Waals surface area contributed by atoms with Crippen LogP contribution in [0, 0.1) is 5.92 Å². The van der Waals surface area contributed by atoms with Crippen molar-refractivity contribution < 1.29 is 9.53 Å². The summed E-state index contributed by atoms with van der Waals surface area (Å²) in [7, 11) is 0. The van der Waals surface area contributed by atoms with Crippen molar-refractivity contribution in [1.29, 1.82) is 0 Å². The molecule has 1 aromatic carbocycles. The number of anilines is 1. The molecule has 0 fully saturated rings. The van der Waals surface area contributed by atoms with Gasteiger partial charge in [-0.25, -0.2) is 4.68 Å². The Kier molecular flexibility index (Phi) is 4.85. The fourth-order valence-corrected chi connectivity index (χ4v) is 3.17. The first kappa shape index (κ1) is 16.5.